The summed E-state index contributed by atoms with van der Waals surface area (Å²) in [5, 5.41) is 16.8. The Kier molecular flexibility index (Phi) is 4.89. The van der Waals surface area contributed by atoms with Gasteiger partial charge in [-0.05, 0) is 46.9 Å². The first kappa shape index (κ1) is 18.0. The molecule has 0 aliphatic rings. The van der Waals surface area contributed by atoms with E-state index in [1.807, 2.05) is 29.6 Å². The van der Waals surface area contributed by atoms with Crippen molar-refractivity contribution in [1.29, 1.82) is 0 Å². The van der Waals surface area contributed by atoms with E-state index in [0.717, 1.165) is 19.5 Å². The van der Waals surface area contributed by atoms with E-state index in [-0.39, 0.29) is 11.6 Å². The number of halogens is 1. The van der Waals surface area contributed by atoms with E-state index < -0.39 is 4.92 Å². The van der Waals surface area contributed by atoms with Crippen LogP contribution in [-0.4, -0.2) is 15.8 Å². The number of thiazole rings is 1. The maximum absolute atomic E-state index is 12.5. The molecule has 0 unspecified atom stereocenters. The third-order valence-corrected chi connectivity index (χ3v) is 6.39. The zero-order valence-corrected chi connectivity index (χ0v) is 17.3. The molecule has 0 aliphatic carbocycles. The third-order valence-electron chi connectivity index (χ3n) is 3.80. The smallest absolute Gasteiger partial charge is 0.270 e. The molecule has 4 aromatic rings. The third kappa shape index (κ3) is 3.84. The number of rotatable bonds is 4. The molecule has 0 bridgehead atoms. The Labute approximate surface area is 175 Å². The zero-order chi connectivity index (χ0) is 19.0. The summed E-state index contributed by atoms with van der Waals surface area (Å²) in [5.74, 6) is -0.276. The fourth-order valence-electron chi connectivity index (χ4n) is 2.50. The summed E-state index contributed by atoms with van der Waals surface area (Å²) >= 11 is 4.89. The molecule has 0 fully saturated rings. The molecule has 0 aliphatic heterocycles. The van der Waals surface area contributed by atoms with E-state index in [1.54, 1.807) is 12.1 Å². The second kappa shape index (κ2) is 7.33. The van der Waals surface area contributed by atoms with Crippen LogP contribution in [0.25, 0.3) is 21.3 Å². The Morgan fingerprint density at radius 2 is 1.93 bits per heavy atom. The number of amides is 1. The Balaban J connectivity index is 1.54. The molecule has 2 aromatic heterocycles. The molecular weight excluding hydrogens is 497 g/mol. The van der Waals surface area contributed by atoms with Crippen LogP contribution in [0.4, 0.5) is 10.8 Å². The Morgan fingerprint density at radius 1 is 1.15 bits per heavy atom. The predicted molar refractivity (Wildman–Crippen MR) is 117 cm³/mol. The summed E-state index contributed by atoms with van der Waals surface area (Å²) in [7, 11) is 0. The molecule has 2 aromatic carbocycles. The first-order chi connectivity index (χ1) is 13.0. The van der Waals surface area contributed by atoms with E-state index in [1.165, 1.54) is 34.8 Å². The maximum atomic E-state index is 12.5. The lowest BCUT2D eigenvalue weighted by atomic mass is 10.2. The van der Waals surface area contributed by atoms with E-state index in [2.05, 4.69) is 32.9 Å². The number of non-ortho nitro benzene ring substituents is 1. The van der Waals surface area contributed by atoms with Gasteiger partial charge in [0.25, 0.3) is 11.6 Å². The van der Waals surface area contributed by atoms with Crippen LogP contribution >= 0.6 is 45.3 Å². The van der Waals surface area contributed by atoms with Crippen molar-refractivity contribution in [2.24, 2.45) is 0 Å². The summed E-state index contributed by atoms with van der Waals surface area (Å²) in [6.45, 7) is 0. The molecule has 0 spiro atoms. The standard InChI is InChI=1S/C18H10IN3O3S2/c19-12-3-1-10(2-4-12)14-9-26-18(20-14)21-17(23)16-8-11-7-13(22(24)25)5-6-15(11)27-16/h1-9H,(H,20,21,23). The van der Waals surface area contributed by atoms with Crippen molar-refractivity contribution in [1.82, 2.24) is 4.98 Å². The van der Waals surface area contributed by atoms with Crippen LogP contribution in [0.3, 0.4) is 0 Å². The fourth-order valence-corrected chi connectivity index (χ4v) is 4.51. The van der Waals surface area contributed by atoms with Crippen LogP contribution in [0.5, 0.6) is 0 Å². The van der Waals surface area contributed by atoms with Gasteiger partial charge in [-0.1, -0.05) is 12.1 Å². The van der Waals surface area contributed by atoms with Gasteiger partial charge in [-0.25, -0.2) is 4.98 Å². The van der Waals surface area contributed by atoms with E-state index in [9.17, 15) is 14.9 Å². The van der Waals surface area contributed by atoms with Crippen molar-refractivity contribution in [3.8, 4) is 11.3 Å². The molecule has 0 radical (unpaired) electrons. The molecule has 9 heteroatoms. The average molecular weight is 507 g/mol. The highest BCUT2D eigenvalue weighted by molar-refractivity contribution is 14.1. The molecular formula is C18H10IN3O3S2. The molecule has 4 rings (SSSR count). The second-order valence-electron chi connectivity index (χ2n) is 5.59. The van der Waals surface area contributed by atoms with Gasteiger partial charge in [-0.15, -0.1) is 22.7 Å². The Hall–Kier alpha value is -2.37. The number of nitro benzene ring substituents is 1. The van der Waals surface area contributed by atoms with Gasteiger partial charge in [0, 0.05) is 36.7 Å². The quantitative estimate of drug-likeness (QED) is 0.215. The van der Waals surface area contributed by atoms with Crippen molar-refractivity contribution in [3.05, 3.63) is 72.5 Å². The van der Waals surface area contributed by atoms with Gasteiger partial charge >= 0.3 is 0 Å². The lowest BCUT2D eigenvalue weighted by Gasteiger charge is -1.98. The maximum Gasteiger partial charge on any atom is 0.270 e. The van der Waals surface area contributed by atoms with Crippen molar-refractivity contribution in [2.75, 3.05) is 5.32 Å². The van der Waals surface area contributed by atoms with Crippen molar-refractivity contribution in [2.45, 2.75) is 0 Å². The molecule has 2 heterocycles. The van der Waals surface area contributed by atoms with Gasteiger partial charge in [0.15, 0.2) is 5.13 Å². The molecule has 1 amide bonds. The van der Waals surface area contributed by atoms with Crippen LogP contribution in [0, 0.1) is 13.7 Å². The molecule has 27 heavy (non-hydrogen) atoms. The second-order valence-corrected chi connectivity index (χ2v) is 8.78. The van der Waals surface area contributed by atoms with Crippen LogP contribution in [0.2, 0.25) is 0 Å². The number of fused-ring (bicyclic) bond motifs is 1. The predicted octanol–water partition coefficient (Wildman–Crippen LogP) is 5.79. The first-order valence-corrected chi connectivity index (χ1v) is 10.5. The molecule has 0 atom stereocenters. The topological polar surface area (TPSA) is 85.1 Å². The van der Waals surface area contributed by atoms with Crippen LogP contribution in [0.1, 0.15) is 9.67 Å². The Morgan fingerprint density at radius 3 is 2.67 bits per heavy atom. The molecule has 0 saturated carbocycles. The number of nitrogens with one attached hydrogen (secondary N) is 1. The van der Waals surface area contributed by atoms with Gasteiger partial charge in [-0.2, -0.15) is 0 Å². The van der Waals surface area contributed by atoms with Gasteiger partial charge < -0.3 is 0 Å². The number of carbonyl (C=O) groups is 1. The van der Waals surface area contributed by atoms with Crippen molar-refractivity contribution in [3.63, 3.8) is 0 Å². The summed E-state index contributed by atoms with van der Waals surface area (Å²) in [6, 6.07) is 14.2. The number of aromatic nitrogens is 1. The lowest BCUT2D eigenvalue weighted by Crippen LogP contribution is -2.09. The zero-order valence-electron chi connectivity index (χ0n) is 13.5. The number of hydrogen-bond donors (Lipinski definition) is 1. The van der Waals surface area contributed by atoms with Gasteiger partial charge in [0.1, 0.15) is 0 Å². The van der Waals surface area contributed by atoms with E-state index in [0.29, 0.717) is 15.4 Å². The molecule has 0 saturated heterocycles. The minimum atomic E-state index is -0.446. The highest BCUT2D eigenvalue weighted by Crippen LogP contribution is 2.30. The molecule has 1 N–H and O–H groups in total. The van der Waals surface area contributed by atoms with Crippen molar-refractivity contribution < 1.29 is 9.72 Å². The molecule has 134 valence electrons. The van der Waals surface area contributed by atoms with Gasteiger partial charge in [0.2, 0.25) is 0 Å². The SMILES string of the molecule is O=C(Nc1nc(-c2ccc(I)cc2)cs1)c1cc2cc([N+](=O)[O-])ccc2s1. The minimum absolute atomic E-state index is 0.00865. The highest BCUT2D eigenvalue weighted by Gasteiger charge is 2.15. The van der Waals surface area contributed by atoms with E-state index in [4.69, 9.17) is 0 Å². The number of hydrogen-bond acceptors (Lipinski definition) is 6. The first-order valence-electron chi connectivity index (χ1n) is 7.70. The van der Waals surface area contributed by atoms with Crippen LogP contribution in [-0.2, 0) is 0 Å². The highest BCUT2D eigenvalue weighted by atomic mass is 127. The number of benzene rings is 2. The summed E-state index contributed by atoms with van der Waals surface area (Å²) in [4.78, 5) is 27.9. The number of nitrogens with zero attached hydrogens (tertiary/aromatic N) is 2. The summed E-state index contributed by atoms with van der Waals surface area (Å²) < 4.78 is 1.97. The minimum Gasteiger partial charge on any atom is -0.297 e. The number of thiophene rings is 1. The lowest BCUT2D eigenvalue weighted by molar-refractivity contribution is -0.384. The summed E-state index contributed by atoms with van der Waals surface area (Å²) in [6.07, 6.45) is 0. The summed E-state index contributed by atoms with van der Waals surface area (Å²) in [5.41, 5.74) is 1.80. The molecule has 6 nitrogen and oxygen atoms in total. The van der Waals surface area contributed by atoms with Crippen LogP contribution < -0.4 is 5.32 Å². The average Bonchev–Trinajstić information content (AvgIpc) is 3.28. The number of carbonyl (C=O) groups excluding carboxylic acids is 1. The number of anilines is 1. The fraction of sp³-hybridized carbons (Fsp3) is 0. The van der Waals surface area contributed by atoms with Crippen LogP contribution in [0.15, 0.2) is 53.9 Å². The van der Waals surface area contributed by atoms with Gasteiger partial charge in [0.05, 0.1) is 15.5 Å². The Bertz CT molecular complexity index is 1170. The number of nitro groups is 1. The van der Waals surface area contributed by atoms with Gasteiger partial charge in [-0.3, -0.25) is 20.2 Å². The van der Waals surface area contributed by atoms with Crippen molar-refractivity contribution >= 4 is 72.1 Å². The largest absolute Gasteiger partial charge is 0.297 e. The monoisotopic (exact) mass is 507 g/mol. The normalized spacial score (nSPS) is 10.9. The van der Waals surface area contributed by atoms with E-state index >= 15 is 0 Å².